The first-order valence-electron chi connectivity index (χ1n) is 10.9. The van der Waals surface area contributed by atoms with E-state index in [1.165, 1.54) is 11.8 Å². The van der Waals surface area contributed by atoms with Crippen LogP contribution in [0.4, 0.5) is 5.69 Å². The molecule has 3 rings (SSSR count). The highest BCUT2D eigenvalue weighted by Gasteiger charge is 2.26. The number of benzene rings is 2. The molecule has 0 aliphatic carbocycles. The first-order chi connectivity index (χ1) is 16.3. The highest BCUT2D eigenvalue weighted by atomic mass is 79.9. The molecule has 2 N–H and O–H groups in total. The molecule has 1 heterocycles. The largest absolute Gasteiger partial charge is 0.342 e. The Morgan fingerprint density at radius 3 is 2.41 bits per heavy atom. The molecule has 0 aliphatic heterocycles. The molecule has 0 fully saturated rings. The maximum Gasteiger partial charge on any atom is 0.251 e. The molecule has 9 heteroatoms. The molecular weight excluding hydrogens is 514 g/mol. The zero-order valence-corrected chi connectivity index (χ0v) is 21.8. The number of carbonyl (C=O) groups excluding carboxylic acids is 2. The summed E-state index contributed by atoms with van der Waals surface area (Å²) in [5.74, 6) is 0.560. The molecule has 0 aliphatic rings. The summed E-state index contributed by atoms with van der Waals surface area (Å²) in [6, 6.07) is 14.5. The van der Waals surface area contributed by atoms with Gasteiger partial charge in [-0.25, -0.2) is 0 Å². The van der Waals surface area contributed by atoms with E-state index < -0.39 is 0 Å². The van der Waals surface area contributed by atoms with Gasteiger partial charge in [0.1, 0.15) is 0 Å². The lowest BCUT2D eigenvalue weighted by Gasteiger charge is -2.22. The molecule has 1 aromatic heterocycles. The minimum absolute atomic E-state index is 0.0701. The molecule has 178 valence electrons. The van der Waals surface area contributed by atoms with Gasteiger partial charge in [-0.05, 0) is 49.2 Å². The van der Waals surface area contributed by atoms with E-state index in [9.17, 15) is 9.59 Å². The predicted molar refractivity (Wildman–Crippen MR) is 140 cm³/mol. The van der Waals surface area contributed by atoms with E-state index in [0.29, 0.717) is 23.1 Å². The molecule has 7 nitrogen and oxygen atoms in total. The van der Waals surface area contributed by atoms with Crippen LogP contribution in [0.1, 0.15) is 41.6 Å². The van der Waals surface area contributed by atoms with Crippen LogP contribution in [0.2, 0.25) is 0 Å². The van der Waals surface area contributed by atoms with Gasteiger partial charge in [0.15, 0.2) is 11.0 Å². The van der Waals surface area contributed by atoms with Gasteiger partial charge in [-0.15, -0.1) is 16.8 Å². The number of aryl methyl sites for hydroxylation is 1. The summed E-state index contributed by atoms with van der Waals surface area (Å²) in [5.41, 5.74) is 2.40. The fourth-order valence-electron chi connectivity index (χ4n) is 3.26. The molecule has 0 unspecified atom stereocenters. The number of allylic oxidation sites excluding steroid dienone is 1. The van der Waals surface area contributed by atoms with Gasteiger partial charge in [-0.1, -0.05) is 65.3 Å². The van der Waals surface area contributed by atoms with Crippen LogP contribution in [0.5, 0.6) is 0 Å². The molecule has 34 heavy (non-hydrogen) atoms. The Labute approximate surface area is 212 Å². The third kappa shape index (κ3) is 6.80. The number of halogens is 1. The monoisotopic (exact) mass is 541 g/mol. The quantitative estimate of drug-likeness (QED) is 0.265. The van der Waals surface area contributed by atoms with Gasteiger partial charge in [0.2, 0.25) is 5.91 Å². The fraction of sp³-hybridized carbons (Fsp3) is 0.280. The van der Waals surface area contributed by atoms with Crippen LogP contribution in [0, 0.1) is 12.8 Å². The number of hydrogen-bond acceptors (Lipinski definition) is 5. The summed E-state index contributed by atoms with van der Waals surface area (Å²) in [7, 11) is 0. The number of amides is 2. The topological polar surface area (TPSA) is 88.9 Å². The van der Waals surface area contributed by atoms with E-state index >= 15 is 0 Å². The molecule has 1 atom stereocenters. The Kier molecular flexibility index (Phi) is 9.06. The Bertz CT molecular complexity index is 1140. The van der Waals surface area contributed by atoms with Crippen molar-refractivity contribution in [3.8, 4) is 0 Å². The van der Waals surface area contributed by atoms with Crippen LogP contribution in [0.3, 0.4) is 0 Å². The Balaban J connectivity index is 1.74. The lowest BCUT2D eigenvalue weighted by molar-refractivity contribution is -0.113. The molecule has 0 radical (unpaired) electrons. The summed E-state index contributed by atoms with van der Waals surface area (Å²) in [5, 5.41) is 15.3. The van der Waals surface area contributed by atoms with E-state index in [0.717, 1.165) is 15.7 Å². The first-order valence-corrected chi connectivity index (χ1v) is 12.7. The van der Waals surface area contributed by atoms with Gasteiger partial charge >= 0.3 is 0 Å². The summed E-state index contributed by atoms with van der Waals surface area (Å²) < 4.78 is 2.84. The average molecular weight is 543 g/mol. The van der Waals surface area contributed by atoms with Gasteiger partial charge in [-0.2, -0.15) is 0 Å². The highest BCUT2D eigenvalue weighted by Crippen LogP contribution is 2.26. The van der Waals surface area contributed by atoms with Crippen molar-refractivity contribution < 1.29 is 9.59 Å². The van der Waals surface area contributed by atoms with Crippen LogP contribution in [-0.2, 0) is 11.3 Å². The molecule has 3 aromatic rings. The van der Waals surface area contributed by atoms with Gasteiger partial charge in [0.25, 0.3) is 5.91 Å². The zero-order valence-electron chi connectivity index (χ0n) is 19.4. The lowest BCUT2D eigenvalue weighted by atomic mass is 10.0. The van der Waals surface area contributed by atoms with E-state index in [1.807, 2.05) is 73.9 Å². The normalized spacial score (nSPS) is 11.8. The van der Waals surface area contributed by atoms with Crippen LogP contribution in [0.25, 0.3) is 0 Å². The van der Waals surface area contributed by atoms with Crippen LogP contribution in [0.15, 0.2) is 70.8 Å². The van der Waals surface area contributed by atoms with Crippen molar-refractivity contribution in [2.24, 2.45) is 5.92 Å². The number of nitrogens with zero attached hydrogens (tertiary/aromatic N) is 3. The van der Waals surface area contributed by atoms with Crippen LogP contribution in [-0.4, -0.2) is 32.3 Å². The van der Waals surface area contributed by atoms with Gasteiger partial charge in [0.05, 0.1) is 11.8 Å². The summed E-state index contributed by atoms with van der Waals surface area (Å²) in [6.45, 7) is 10.3. The minimum atomic E-state index is -0.354. The van der Waals surface area contributed by atoms with E-state index in [4.69, 9.17) is 0 Å². The predicted octanol–water partition coefficient (Wildman–Crippen LogP) is 5.39. The van der Waals surface area contributed by atoms with E-state index in [1.54, 1.807) is 6.08 Å². The Morgan fingerprint density at radius 1 is 1.12 bits per heavy atom. The lowest BCUT2D eigenvalue weighted by Crippen LogP contribution is -2.33. The zero-order chi connectivity index (χ0) is 24.7. The van der Waals surface area contributed by atoms with Crippen molar-refractivity contribution >= 4 is 45.2 Å². The van der Waals surface area contributed by atoms with Crippen LogP contribution >= 0.6 is 27.7 Å². The Morgan fingerprint density at radius 2 is 1.79 bits per heavy atom. The van der Waals surface area contributed by atoms with Gasteiger partial charge < -0.3 is 15.2 Å². The minimum Gasteiger partial charge on any atom is -0.342 e. The third-order valence-corrected chi connectivity index (χ3v) is 6.56. The fourth-order valence-corrected chi connectivity index (χ4v) is 4.28. The second-order valence-electron chi connectivity index (χ2n) is 8.14. The van der Waals surface area contributed by atoms with Crippen molar-refractivity contribution in [2.75, 3.05) is 11.1 Å². The van der Waals surface area contributed by atoms with Crippen molar-refractivity contribution in [1.82, 2.24) is 20.1 Å². The Hall–Kier alpha value is -2.91. The molecule has 0 saturated carbocycles. The average Bonchev–Trinajstić information content (AvgIpc) is 3.20. The maximum absolute atomic E-state index is 12.9. The second kappa shape index (κ2) is 12.0. The number of nitrogens with one attached hydrogen (secondary N) is 2. The van der Waals surface area contributed by atoms with E-state index in [2.05, 4.69) is 43.3 Å². The number of rotatable bonds is 10. The summed E-state index contributed by atoms with van der Waals surface area (Å²) >= 11 is 4.67. The number of anilines is 1. The van der Waals surface area contributed by atoms with Crippen molar-refractivity contribution in [2.45, 2.75) is 38.5 Å². The van der Waals surface area contributed by atoms with Gasteiger partial charge in [0, 0.05) is 22.3 Å². The van der Waals surface area contributed by atoms with Gasteiger partial charge in [-0.3, -0.25) is 9.59 Å². The molecule has 2 amide bonds. The highest BCUT2D eigenvalue weighted by molar-refractivity contribution is 9.10. The second-order valence-corrected chi connectivity index (χ2v) is 10.0. The molecule has 2 aromatic carbocycles. The number of thioether (sulfide) groups is 1. The third-order valence-electron chi connectivity index (χ3n) is 5.06. The van der Waals surface area contributed by atoms with Crippen molar-refractivity contribution in [1.29, 1.82) is 0 Å². The molecule has 0 bridgehead atoms. The first kappa shape index (κ1) is 25.7. The molecule has 0 saturated heterocycles. The summed E-state index contributed by atoms with van der Waals surface area (Å²) in [6.07, 6.45) is 1.75. The van der Waals surface area contributed by atoms with Crippen LogP contribution < -0.4 is 10.6 Å². The molecular formula is C25H28BrN5O2S. The number of carbonyl (C=O) groups is 2. The van der Waals surface area contributed by atoms with Crippen molar-refractivity contribution in [3.05, 3.63) is 82.6 Å². The number of aromatic nitrogens is 3. The summed E-state index contributed by atoms with van der Waals surface area (Å²) in [4.78, 5) is 25.3. The molecule has 0 spiro atoms. The maximum atomic E-state index is 12.9. The standard InChI is InChI=1S/C25H28BrN5O2S/c1-5-14-31-23(22(16(2)3)28-24(33)18-8-6-17(4)7-9-18)29-30-25(31)34-15-21(32)27-20-12-10-19(26)11-13-20/h5-13,16,22H,1,14-15H2,2-4H3,(H,27,32)(H,28,33)/t22-/m0/s1. The number of hydrogen-bond donors (Lipinski definition) is 2. The SMILES string of the molecule is C=CCn1c(SCC(=O)Nc2ccc(Br)cc2)nnc1[C@@H](NC(=O)c1ccc(C)cc1)C(C)C. The van der Waals surface area contributed by atoms with Crippen molar-refractivity contribution in [3.63, 3.8) is 0 Å². The van der Waals surface area contributed by atoms with E-state index in [-0.39, 0.29) is 29.5 Å². The smallest absolute Gasteiger partial charge is 0.251 e.